The lowest BCUT2D eigenvalue weighted by Gasteiger charge is -2.15. The van der Waals surface area contributed by atoms with E-state index in [-0.39, 0.29) is 0 Å². The van der Waals surface area contributed by atoms with Gasteiger partial charge in [0.25, 0.3) is 5.91 Å². The summed E-state index contributed by atoms with van der Waals surface area (Å²) in [4.78, 5) is 24.5. The fourth-order valence-electron chi connectivity index (χ4n) is 2.30. The lowest BCUT2D eigenvalue weighted by Crippen LogP contribution is -2.30. The van der Waals surface area contributed by atoms with Gasteiger partial charge in [0.05, 0.1) is 18.4 Å². The zero-order valence-electron chi connectivity index (χ0n) is 15.2. The van der Waals surface area contributed by atoms with Crippen LogP contribution in [0.4, 0.5) is 5.69 Å². The Morgan fingerprint density at radius 1 is 1.04 bits per heavy atom. The predicted octanol–water partition coefficient (Wildman–Crippen LogP) is 4.66. The standard InChI is InChI=1S/C20H22ClNO4/c1-12(2)14-5-7-15(8-6-14)20(24)26-13(3)19(23)22-17-11-16(21)9-10-18(17)25-4/h5-13H,1-4H3,(H,22,23)/t13-/m1/s1. The van der Waals surface area contributed by atoms with Crippen LogP contribution in [0.1, 0.15) is 42.6 Å². The van der Waals surface area contributed by atoms with Gasteiger partial charge < -0.3 is 14.8 Å². The van der Waals surface area contributed by atoms with Gasteiger partial charge in [0.2, 0.25) is 0 Å². The highest BCUT2D eigenvalue weighted by Gasteiger charge is 2.20. The van der Waals surface area contributed by atoms with Crippen LogP contribution in [-0.4, -0.2) is 25.1 Å². The van der Waals surface area contributed by atoms with E-state index in [0.29, 0.717) is 27.9 Å². The first-order valence-electron chi connectivity index (χ1n) is 8.27. The van der Waals surface area contributed by atoms with Gasteiger partial charge in [-0.1, -0.05) is 37.6 Å². The maximum absolute atomic E-state index is 12.3. The van der Waals surface area contributed by atoms with E-state index < -0.39 is 18.0 Å². The van der Waals surface area contributed by atoms with Crippen molar-refractivity contribution in [3.63, 3.8) is 0 Å². The van der Waals surface area contributed by atoms with Gasteiger partial charge in [0, 0.05) is 5.02 Å². The van der Waals surface area contributed by atoms with Crippen LogP contribution in [0.25, 0.3) is 0 Å². The third-order valence-corrected chi connectivity index (χ3v) is 4.12. The third-order valence-electron chi connectivity index (χ3n) is 3.89. The fourth-order valence-corrected chi connectivity index (χ4v) is 2.47. The summed E-state index contributed by atoms with van der Waals surface area (Å²) in [6, 6.07) is 12.0. The van der Waals surface area contributed by atoms with Crippen molar-refractivity contribution < 1.29 is 19.1 Å². The number of hydrogen-bond acceptors (Lipinski definition) is 4. The summed E-state index contributed by atoms with van der Waals surface area (Å²) < 4.78 is 10.4. The Labute approximate surface area is 158 Å². The van der Waals surface area contributed by atoms with E-state index in [4.69, 9.17) is 21.1 Å². The minimum atomic E-state index is -0.976. The predicted molar refractivity (Wildman–Crippen MR) is 102 cm³/mol. The van der Waals surface area contributed by atoms with Crippen LogP contribution in [0, 0.1) is 0 Å². The molecule has 0 aromatic heterocycles. The molecule has 2 aromatic carbocycles. The Hall–Kier alpha value is -2.53. The Morgan fingerprint density at radius 3 is 2.27 bits per heavy atom. The third kappa shape index (κ3) is 4.99. The van der Waals surface area contributed by atoms with Crippen molar-refractivity contribution in [2.45, 2.75) is 32.8 Å². The number of amides is 1. The minimum absolute atomic E-state index is 0.373. The topological polar surface area (TPSA) is 64.6 Å². The molecule has 0 heterocycles. The highest BCUT2D eigenvalue weighted by atomic mass is 35.5. The Bertz CT molecular complexity index is 787. The molecule has 1 amide bonds. The van der Waals surface area contributed by atoms with Gasteiger partial charge in [-0.15, -0.1) is 0 Å². The van der Waals surface area contributed by atoms with Gasteiger partial charge in [-0.25, -0.2) is 4.79 Å². The minimum Gasteiger partial charge on any atom is -0.495 e. The lowest BCUT2D eigenvalue weighted by atomic mass is 10.0. The number of carbonyl (C=O) groups is 2. The van der Waals surface area contributed by atoms with Crippen LogP contribution in [0.2, 0.25) is 5.02 Å². The van der Waals surface area contributed by atoms with Gasteiger partial charge in [-0.3, -0.25) is 4.79 Å². The van der Waals surface area contributed by atoms with Crippen LogP contribution in [0.3, 0.4) is 0 Å². The average Bonchev–Trinajstić information content (AvgIpc) is 2.61. The zero-order valence-corrected chi connectivity index (χ0v) is 16.0. The highest BCUT2D eigenvalue weighted by molar-refractivity contribution is 6.31. The average molecular weight is 376 g/mol. The summed E-state index contributed by atoms with van der Waals surface area (Å²) in [5.74, 6) is -0.193. The summed E-state index contributed by atoms with van der Waals surface area (Å²) in [5, 5.41) is 3.11. The fraction of sp³-hybridized carbons (Fsp3) is 0.300. The number of ether oxygens (including phenoxy) is 2. The van der Waals surface area contributed by atoms with E-state index in [1.807, 2.05) is 12.1 Å². The van der Waals surface area contributed by atoms with Gasteiger partial charge in [-0.2, -0.15) is 0 Å². The van der Waals surface area contributed by atoms with Gasteiger partial charge in [-0.05, 0) is 48.7 Å². The largest absolute Gasteiger partial charge is 0.495 e. The summed E-state index contributed by atoms with van der Waals surface area (Å²) in [7, 11) is 1.49. The summed E-state index contributed by atoms with van der Waals surface area (Å²) in [6.45, 7) is 5.65. The summed E-state index contributed by atoms with van der Waals surface area (Å²) >= 11 is 5.94. The second-order valence-corrected chi connectivity index (χ2v) is 6.59. The smallest absolute Gasteiger partial charge is 0.338 e. The number of nitrogens with one attached hydrogen (secondary N) is 1. The zero-order chi connectivity index (χ0) is 19.3. The number of benzene rings is 2. The molecule has 2 aromatic rings. The Kier molecular flexibility index (Phi) is 6.64. The van der Waals surface area contributed by atoms with Crippen molar-refractivity contribution >= 4 is 29.2 Å². The molecule has 0 radical (unpaired) electrons. The summed E-state index contributed by atoms with van der Waals surface area (Å²) in [5.41, 5.74) is 1.93. The molecular formula is C20H22ClNO4. The molecule has 0 aliphatic heterocycles. The molecule has 1 N–H and O–H groups in total. The van der Waals surface area contributed by atoms with Crippen LogP contribution >= 0.6 is 11.6 Å². The van der Waals surface area contributed by atoms with Crippen LogP contribution in [0.15, 0.2) is 42.5 Å². The Morgan fingerprint density at radius 2 is 1.69 bits per heavy atom. The maximum Gasteiger partial charge on any atom is 0.338 e. The van der Waals surface area contributed by atoms with Crippen molar-refractivity contribution in [3.8, 4) is 5.75 Å². The number of esters is 1. The molecule has 26 heavy (non-hydrogen) atoms. The quantitative estimate of drug-likeness (QED) is 0.746. The second kappa shape index (κ2) is 8.72. The number of rotatable bonds is 6. The molecule has 0 aliphatic rings. The molecule has 0 aliphatic carbocycles. The molecule has 6 heteroatoms. The summed E-state index contributed by atoms with van der Waals surface area (Å²) in [6.07, 6.45) is -0.976. The van der Waals surface area contributed by atoms with E-state index in [1.54, 1.807) is 30.3 Å². The van der Waals surface area contributed by atoms with Crippen molar-refractivity contribution in [2.24, 2.45) is 0 Å². The normalized spacial score (nSPS) is 11.8. The molecule has 5 nitrogen and oxygen atoms in total. The molecule has 1 atom stereocenters. The van der Waals surface area contributed by atoms with Crippen LogP contribution in [-0.2, 0) is 9.53 Å². The van der Waals surface area contributed by atoms with E-state index in [9.17, 15) is 9.59 Å². The number of halogens is 1. The number of anilines is 1. The molecule has 0 bridgehead atoms. The molecule has 2 rings (SSSR count). The van der Waals surface area contributed by atoms with Gasteiger partial charge in [0.1, 0.15) is 5.75 Å². The molecule has 0 saturated heterocycles. The Balaban J connectivity index is 2.02. The van der Waals surface area contributed by atoms with Crippen molar-refractivity contribution in [2.75, 3.05) is 12.4 Å². The molecule has 0 unspecified atom stereocenters. The van der Waals surface area contributed by atoms with Crippen LogP contribution < -0.4 is 10.1 Å². The lowest BCUT2D eigenvalue weighted by molar-refractivity contribution is -0.123. The first-order chi connectivity index (χ1) is 12.3. The molecule has 0 saturated carbocycles. The van der Waals surface area contributed by atoms with E-state index in [0.717, 1.165) is 5.56 Å². The van der Waals surface area contributed by atoms with E-state index >= 15 is 0 Å². The number of hydrogen-bond donors (Lipinski definition) is 1. The number of methoxy groups -OCH3 is 1. The molecule has 138 valence electrons. The molecule has 0 fully saturated rings. The van der Waals surface area contributed by atoms with Gasteiger partial charge >= 0.3 is 5.97 Å². The monoisotopic (exact) mass is 375 g/mol. The first kappa shape index (κ1) is 19.8. The molecular weight excluding hydrogens is 354 g/mol. The first-order valence-corrected chi connectivity index (χ1v) is 8.65. The van der Waals surface area contributed by atoms with Crippen LogP contribution in [0.5, 0.6) is 5.75 Å². The molecule has 0 spiro atoms. The van der Waals surface area contributed by atoms with Crippen molar-refractivity contribution in [1.29, 1.82) is 0 Å². The maximum atomic E-state index is 12.3. The SMILES string of the molecule is COc1ccc(Cl)cc1NC(=O)[C@@H](C)OC(=O)c1ccc(C(C)C)cc1. The van der Waals surface area contributed by atoms with Gasteiger partial charge in [0.15, 0.2) is 6.10 Å². The van der Waals surface area contributed by atoms with Crippen molar-refractivity contribution in [1.82, 2.24) is 0 Å². The second-order valence-electron chi connectivity index (χ2n) is 6.16. The van der Waals surface area contributed by atoms with E-state index in [2.05, 4.69) is 19.2 Å². The highest BCUT2D eigenvalue weighted by Crippen LogP contribution is 2.28. The van der Waals surface area contributed by atoms with E-state index in [1.165, 1.54) is 14.0 Å². The number of carbonyl (C=O) groups excluding carboxylic acids is 2. The van der Waals surface area contributed by atoms with Crippen molar-refractivity contribution in [3.05, 3.63) is 58.6 Å².